The first-order chi connectivity index (χ1) is 6.43. The lowest BCUT2D eigenvalue weighted by Crippen LogP contribution is -1.96. The lowest BCUT2D eigenvalue weighted by molar-refractivity contribution is -0.107. The van der Waals surface area contributed by atoms with Crippen LogP contribution in [-0.4, -0.2) is 17.3 Å². The van der Waals surface area contributed by atoms with Gasteiger partial charge in [0.2, 0.25) is 0 Å². The molecule has 0 aromatic carbocycles. The zero-order valence-electron chi connectivity index (χ0n) is 7.53. The standard InChI is InChI=1S/C8H14OS2.HOP/c9-6-3-1-2-4-8-5-7-10-11-8;1-2/h6,8H,1-5,7H2;2H. The van der Waals surface area contributed by atoms with Crippen LogP contribution in [0, 0.1) is 0 Å². The number of rotatable bonds is 5. The Hall–Kier alpha value is 0.470. The van der Waals surface area contributed by atoms with Crippen LogP contribution in [0.2, 0.25) is 0 Å². The van der Waals surface area contributed by atoms with Crippen LogP contribution < -0.4 is 0 Å². The van der Waals surface area contributed by atoms with Gasteiger partial charge in [0.25, 0.3) is 0 Å². The van der Waals surface area contributed by atoms with Gasteiger partial charge in [-0.25, -0.2) is 0 Å². The van der Waals surface area contributed by atoms with Crippen molar-refractivity contribution in [1.29, 1.82) is 0 Å². The fourth-order valence-corrected chi connectivity index (χ4v) is 4.19. The highest BCUT2D eigenvalue weighted by Gasteiger charge is 2.15. The van der Waals surface area contributed by atoms with Gasteiger partial charge in [-0.1, -0.05) is 28.0 Å². The molecule has 0 spiro atoms. The smallest absolute Gasteiger partial charge is 0.138 e. The van der Waals surface area contributed by atoms with Crippen LogP contribution in [0.4, 0.5) is 0 Å². The topological polar surface area (TPSA) is 34.1 Å². The molecule has 1 aliphatic heterocycles. The lowest BCUT2D eigenvalue weighted by atomic mass is 10.1. The van der Waals surface area contributed by atoms with E-state index in [9.17, 15) is 4.79 Å². The molecule has 1 fully saturated rings. The van der Waals surface area contributed by atoms with Gasteiger partial charge in [0.15, 0.2) is 0 Å². The lowest BCUT2D eigenvalue weighted by Gasteiger charge is -2.04. The molecule has 0 bridgehead atoms. The van der Waals surface area contributed by atoms with Crippen molar-refractivity contribution < 1.29 is 9.36 Å². The van der Waals surface area contributed by atoms with Crippen molar-refractivity contribution >= 4 is 37.0 Å². The molecule has 1 unspecified atom stereocenters. The van der Waals surface area contributed by atoms with E-state index >= 15 is 0 Å². The van der Waals surface area contributed by atoms with Gasteiger partial charge in [-0.2, -0.15) is 0 Å². The summed E-state index contributed by atoms with van der Waals surface area (Å²) in [5.41, 5.74) is 0. The van der Waals surface area contributed by atoms with Crippen molar-refractivity contribution in [2.45, 2.75) is 37.4 Å². The molecule has 0 amide bonds. The predicted molar refractivity (Wildman–Crippen MR) is 62.0 cm³/mol. The molecule has 1 atom stereocenters. The number of carbonyl (C=O) groups excluding carboxylic acids is 1. The van der Waals surface area contributed by atoms with Gasteiger partial charge >= 0.3 is 0 Å². The highest BCUT2D eigenvalue weighted by molar-refractivity contribution is 8.77. The Morgan fingerprint density at radius 1 is 1.38 bits per heavy atom. The van der Waals surface area contributed by atoms with Crippen molar-refractivity contribution in [3.63, 3.8) is 0 Å². The molecule has 0 aromatic heterocycles. The Morgan fingerprint density at radius 2 is 2.15 bits per heavy atom. The summed E-state index contributed by atoms with van der Waals surface area (Å²) >= 11 is 0. The van der Waals surface area contributed by atoms with Gasteiger partial charge in [0, 0.05) is 17.4 Å². The summed E-state index contributed by atoms with van der Waals surface area (Å²) in [6, 6.07) is 0. The summed E-state index contributed by atoms with van der Waals surface area (Å²) in [6.45, 7) is 0. The van der Waals surface area contributed by atoms with Gasteiger partial charge in [-0.3, -0.25) is 4.57 Å². The highest BCUT2D eigenvalue weighted by Crippen LogP contribution is 2.39. The summed E-state index contributed by atoms with van der Waals surface area (Å²) < 4.78 is 8.06. The quantitative estimate of drug-likeness (QED) is 0.318. The molecular formula is C8H15O2PS2. The normalized spacial score (nSPS) is 20.5. The second kappa shape index (κ2) is 10.6. The van der Waals surface area contributed by atoms with Crippen molar-refractivity contribution in [1.82, 2.24) is 0 Å². The number of aldehydes is 1. The summed E-state index contributed by atoms with van der Waals surface area (Å²) in [4.78, 5) is 9.99. The predicted octanol–water partition coefficient (Wildman–Crippen LogP) is 3.37. The Labute approximate surface area is 89.6 Å². The molecule has 76 valence electrons. The van der Waals surface area contributed by atoms with E-state index in [1.54, 1.807) is 9.12 Å². The highest BCUT2D eigenvalue weighted by atomic mass is 33.1. The van der Waals surface area contributed by atoms with Crippen LogP contribution in [-0.2, 0) is 9.36 Å². The van der Waals surface area contributed by atoms with Crippen LogP contribution in [0.5, 0.6) is 0 Å². The van der Waals surface area contributed by atoms with Crippen LogP contribution in [0.3, 0.4) is 0 Å². The maximum atomic E-state index is 9.99. The van der Waals surface area contributed by atoms with Crippen molar-refractivity contribution in [3.05, 3.63) is 0 Å². The molecule has 1 heterocycles. The largest absolute Gasteiger partial charge is 0.303 e. The van der Waals surface area contributed by atoms with Crippen LogP contribution in [0.1, 0.15) is 32.1 Å². The van der Waals surface area contributed by atoms with Gasteiger partial charge in [0.05, 0.1) is 0 Å². The third-order valence-corrected chi connectivity index (χ3v) is 4.83. The summed E-state index contributed by atoms with van der Waals surface area (Å²) in [5.74, 6) is 1.32. The van der Waals surface area contributed by atoms with E-state index in [4.69, 9.17) is 4.57 Å². The molecule has 0 aromatic rings. The van der Waals surface area contributed by atoms with E-state index < -0.39 is 0 Å². The molecule has 1 saturated heterocycles. The zero-order chi connectivity index (χ0) is 9.94. The molecule has 0 aliphatic carbocycles. The minimum atomic E-state index is 0.754. The van der Waals surface area contributed by atoms with Crippen molar-refractivity contribution in [3.8, 4) is 0 Å². The van der Waals surface area contributed by atoms with E-state index in [1.807, 2.05) is 21.6 Å². The minimum absolute atomic E-state index is 0.754. The first kappa shape index (κ1) is 13.5. The SMILES string of the molecule is O=CCCCCC1CCSS1.O=P. The number of carbonyl (C=O) groups is 1. The van der Waals surface area contributed by atoms with E-state index in [0.717, 1.165) is 24.4 Å². The second-order valence-electron chi connectivity index (χ2n) is 2.78. The van der Waals surface area contributed by atoms with Crippen LogP contribution in [0.15, 0.2) is 0 Å². The zero-order valence-corrected chi connectivity index (χ0v) is 10.2. The van der Waals surface area contributed by atoms with Gasteiger partial charge in [0.1, 0.15) is 15.4 Å². The minimum Gasteiger partial charge on any atom is -0.303 e. The Balaban J connectivity index is 0.000000671. The molecule has 1 aliphatic rings. The van der Waals surface area contributed by atoms with E-state index in [2.05, 4.69) is 0 Å². The first-order valence-corrected chi connectivity index (χ1v) is 7.15. The molecule has 0 saturated carbocycles. The van der Waals surface area contributed by atoms with E-state index in [0.29, 0.717) is 0 Å². The van der Waals surface area contributed by atoms with Crippen LogP contribution >= 0.6 is 30.7 Å². The maximum Gasteiger partial charge on any atom is 0.138 e. The summed E-state index contributed by atoms with van der Waals surface area (Å²) in [5, 5.41) is 0.881. The number of hydrogen-bond acceptors (Lipinski definition) is 4. The first-order valence-electron chi connectivity index (χ1n) is 4.36. The second-order valence-corrected chi connectivity index (χ2v) is 5.57. The Bertz CT molecular complexity index is 129. The van der Waals surface area contributed by atoms with Crippen LogP contribution in [0.25, 0.3) is 0 Å². The summed E-state index contributed by atoms with van der Waals surface area (Å²) in [6.07, 6.45) is 6.78. The van der Waals surface area contributed by atoms with Gasteiger partial charge in [-0.15, -0.1) is 0 Å². The van der Waals surface area contributed by atoms with E-state index in [-0.39, 0.29) is 0 Å². The molecule has 2 nitrogen and oxygen atoms in total. The number of hydrogen-bond donors (Lipinski definition) is 0. The fourth-order valence-electron chi connectivity index (χ4n) is 1.16. The molecule has 0 radical (unpaired) electrons. The number of unbranched alkanes of at least 4 members (excludes halogenated alkanes) is 2. The summed E-state index contributed by atoms with van der Waals surface area (Å²) in [7, 11) is 5.74. The average Bonchev–Trinajstić information content (AvgIpc) is 2.68. The molecule has 5 heteroatoms. The Morgan fingerprint density at radius 3 is 2.69 bits per heavy atom. The van der Waals surface area contributed by atoms with Crippen molar-refractivity contribution in [2.75, 3.05) is 5.75 Å². The monoisotopic (exact) mass is 238 g/mol. The van der Waals surface area contributed by atoms with Gasteiger partial charge in [-0.05, 0) is 19.3 Å². The third kappa shape index (κ3) is 7.53. The van der Waals surface area contributed by atoms with E-state index in [1.165, 1.54) is 25.0 Å². The average molecular weight is 238 g/mol. The molecular weight excluding hydrogens is 223 g/mol. The Kier molecular flexibility index (Phi) is 10.9. The van der Waals surface area contributed by atoms with Gasteiger partial charge < -0.3 is 4.79 Å². The fraction of sp³-hybridized carbons (Fsp3) is 0.875. The molecule has 1 rings (SSSR count). The van der Waals surface area contributed by atoms with Crippen molar-refractivity contribution in [2.24, 2.45) is 0 Å². The molecule has 0 N–H and O–H groups in total. The molecule has 13 heavy (non-hydrogen) atoms. The third-order valence-electron chi connectivity index (χ3n) is 1.83. The maximum absolute atomic E-state index is 9.99.